The van der Waals surface area contributed by atoms with Gasteiger partial charge in [0, 0.05) is 32.8 Å². The van der Waals surface area contributed by atoms with E-state index in [0.717, 1.165) is 50.6 Å². The van der Waals surface area contributed by atoms with Gasteiger partial charge in [-0.3, -0.25) is 0 Å². The van der Waals surface area contributed by atoms with E-state index in [2.05, 4.69) is 50.4 Å². The Morgan fingerprint density at radius 1 is 0.931 bits per heavy atom. The molecule has 0 fully saturated rings. The lowest BCUT2D eigenvalue weighted by atomic mass is 10.1. The third-order valence-electron chi connectivity index (χ3n) is 4.98. The lowest BCUT2D eigenvalue weighted by molar-refractivity contribution is 0.171. The number of nitrogens with zero attached hydrogens (tertiary/aromatic N) is 4. The van der Waals surface area contributed by atoms with Crippen molar-refractivity contribution in [2.24, 2.45) is 15.4 Å². The van der Waals surface area contributed by atoms with E-state index in [9.17, 15) is 0 Å². The van der Waals surface area contributed by atoms with E-state index in [4.69, 9.17) is 14.5 Å². The van der Waals surface area contributed by atoms with Crippen LogP contribution in [0.3, 0.4) is 0 Å². The van der Waals surface area contributed by atoms with E-state index in [-0.39, 0.29) is 0 Å². The Balaban J connectivity index is 1.45. The maximum Gasteiger partial charge on any atom is 0.163 e. The number of rotatable bonds is 3. The normalized spacial score (nSPS) is 15.1. The highest BCUT2D eigenvalue weighted by Crippen LogP contribution is 2.37. The Kier molecular flexibility index (Phi) is 3.70. The van der Waals surface area contributed by atoms with Crippen molar-refractivity contribution in [1.29, 1.82) is 0 Å². The summed E-state index contributed by atoms with van der Waals surface area (Å²) in [4.78, 5) is 4.92. The first-order chi connectivity index (χ1) is 14.3. The first kappa shape index (κ1) is 16.4. The van der Waals surface area contributed by atoms with Gasteiger partial charge in [0.2, 0.25) is 0 Å². The van der Waals surface area contributed by atoms with Crippen LogP contribution in [-0.2, 0) is 0 Å². The molecule has 0 saturated carbocycles. The zero-order valence-corrected chi connectivity index (χ0v) is 16.1. The van der Waals surface area contributed by atoms with Gasteiger partial charge in [-0.1, -0.05) is 12.1 Å². The van der Waals surface area contributed by atoms with Crippen molar-refractivity contribution >= 4 is 49.5 Å². The summed E-state index contributed by atoms with van der Waals surface area (Å²) in [6.07, 6.45) is 0. The summed E-state index contributed by atoms with van der Waals surface area (Å²) in [5.74, 6) is 2.33. The smallest absolute Gasteiger partial charge is 0.163 e. The van der Waals surface area contributed by atoms with Gasteiger partial charge in [-0.2, -0.15) is 5.11 Å². The molecule has 8 heteroatoms. The number of fused-ring (bicyclic) bond motifs is 4. The average Bonchev–Trinajstić information content (AvgIpc) is 3.46. The van der Waals surface area contributed by atoms with Gasteiger partial charge in [0.25, 0.3) is 0 Å². The van der Waals surface area contributed by atoms with Gasteiger partial charge in [0.15, 0.2) is 11.5 Å². The van der Waals surface area contributed by atoms with Crippen LogP contribution in [0.1, 0.15) is 5.56 Å². The van der Waals surface area contributed by atoms with E-state index in [1.54, 1.807) is 11.3 Å². The first-order valence-electron chi connectivity index (χ1n) is 9.26. The molecular weight excluding hydrogens is 386 g/mol. The summed E-state index contributed by atoms with van der Waals surface area (Å²) >= 11 is 1.71. The predicted molar refractivity (Wildman–Crippen MR) is 114 cm³/mol. The minimum atomic E-state index is 0.509. The number of benzene rings is 2. The van der Waals surface area contributed by atoms with Crippen molar-refractivity contribution in [1.82, 2.24) is 4.98 Å². The summed E-state index contributed by atoms with van der Waals surface area (Å²) in [5.41, 5.74) is 3.67. The third-order valence-corrected chi connectivity index (χ3v) is 5.93. The van der Waals surface area contributed by atoms with Gasteiger partial charge < -0.3 is 14.8 Å². The number of thiophene rings is 1. The molecule has 0 unspecified atom stereocenters. The van der Waals surface area contributed by atoms with E-state index >= 15 is 0 Å². The van der Waals surface area contributed by atoms with Gasteiger partial charge >= 0.3 is 0 Å². The number of hydrogen-bond donors (Lipinski definition) is 1. The molecule has 142 valence electrons. The molecule has 0 atom stereocenters. The van der Waals surface area contributed by atoms with Crippen LogP contribution in [0.15, 0.2) is 63.3 Å². The summed E-state index contributed by atoms with van der Waals surface area (Å²) in [6, 6.07) is 14.2. The maximum absolute atomic E-state index is 5.70. The van der Waals surface area contributed by atoms with Crippen molar-refractivity contribution in [2.75, 3.05) is 25.1 Å². The maximum atomic E-state index is 5.70. The summed E-state index contributed by atoms with van der Waals surface area (Å²) in [6.45, 7) is 1.65. The highest BCUT2D eigenvalue weighted by atomic mass is 32.1. The zero-order valence-electron chi connectivity index (χ0n) is 15.3. The topological polar surface area (TPSA) is 80.5 Å². The highest BCUT2D eigenvalue weighted by molar-refractivity contribution is 7.18. The molecule has 0 radical (unpaired) electrons. The van der Waals surface area contributed by atoms with E-state index in [1.807, 2.05) is 18.2 Å². The van der Waals surface area contributed by atoms with Gasteiger partial charge in [-0.05, 0) is 34.9 Å². The van der Waals surface area contributed by atoms with Crippen molar-refractivity contribution < 1.29 is 9.47 Å². The minimum absolute atomic E-state index is 0.509. The summed E-state index contributed by atoms with van der Waals surface area (Å²) in [5, 5.41) is 19.5. The fourth-order valence-corrected chi connectivity index (χ4v) is 4.53. The fraction of sp³-hybridized carbons (Fsp3) is 0.143. The number of pyridine rings is 1. The summed E-state index contributed by atoms with van der Waals surface area (Å²) < 4.78 is 12.5. The van der Waals surface area contributed by atoms with Gasteiger partial charge in [0.1, 0.15) is 25.6 Å². The van der Waals surface area contributed by atoms with Crippen LogP contribution < -0.4 is 14.8 Å². The van der Waals surface area contributed by atoms with Crippen LogP contribution in [0.2, 0.25) is 0 Å². The Morgan fingerprint density at radius 2 is 1.86 bits per heavy atom. The van der Waals surface area contributed by atoms with Crippen LogP contribution in [0.25, 0.3) is 21.0 Å². The van der Waals surface area contributed by atoms with Crippen LogP contribution in [-0.4, -0.2) is 30.5 Å². The third kappa shape index (κ3) is 2.80. The van der Waals surface area contributed by atoms with Crippen molar-refractivity contribution in [3.63, 3.8) is 0 Å². The molecule has 6 rings (SSSR count). The van der Waals surface area contributed by atoms with Gasteiger partial charge in [-0.15, -0.1) is 16.4 Å². The second kappa shape index (κ2) is 6.52. The minimum Gasteiger partial charge on any atom is -0.486 e. The molecule has 2 aromatic heterocycles. The molecule has 1 N–H and O–H groups in total. The molecule has 29 heavy (non-hydrogen) atoms. The molecule has 7 nitrogen and oxygen atoms in total. The van der Waals surface area contributed by atoms with Crippen LogP contribution >= 0.6 is 11.3 Å². The highest BCUT2D eigenvalue weighted by Gasteiger charge is 2.15. The molecule has 0 bridgehead atoms. The molecule has 2 aromatic carbocycles. The second-order valence-corrected chi connectivity index (χ2v) is 7.69. The number of ether oxygens (including phenoxy) is 2. The average molecular weight is 401 g/mol. The Morgan fingerprint density at radius 3 is 2.76 bits per heavy atom. The fourth-order valence-electron chi connectivity index (χ4n) is 3.60. The Bertz CT molecular complexity index is 1330. The first-order valence-corrected chi connectivity index (χ1v) is 10.1. The lowest BCUT2D eigenvalue weighted by Crippen LogP contribution is -2.15. The van der Waals surface area contributed by atoms with E-state index in [1.165, 1.54) is 4.70 Å². The quantitative estimate of drug-likeness (QED) is 0.516. The van der Waals surface area contributed by atoms with E-state index < -0.39 is 0 Å². The van der Waals surface area contributed by atoms with Crippen LogP contribution in [0.5, 0.6) is 11.5 Å². The predicted octanol–water partition coefficient (Wildman–Crippen LogP) is 5.13. The Labute approximate surface area is 169 Å². The van der Waals surface area contributed by atoms with Crippen molar-refractivity contribution in [3.8, 4) is 11.5 Å². The van der Waals surface area contributed by atoms with Crippen molar-refractivity contribution in [3.05, 3.63) is 53.4 Å². The van der Waals surface area contributed by atoms with E-state index in [0.29, 0.717) is 19.8 Å². The molecule has 2 aliphatic rings. The molecule has 4 heterocycles. The second-order valence-electron chi connectivity index (χ2n) is 6.77. The van der Waals surface area contributed by atoms with Crippen LogP contribution in [0, 0.1) is 0 Å². The number of anilines is 2. The molecule has 0 aliphatic carbocycles. The molecule has 0 amide bonds. The summed E-state index contributed by atoms with van der Waals surface area (Å²) in [7, 11) is 0. The number of aromatic nitrogens is 1. The standard InChI is InChI=1S/C21H15N5O2S/c1-3-14-16(9-12(1)17-11-22-26-25-17)24-21(15-5-8-29-20(14)15)23-13-2-4-18-19(10-13)28-7-6-27-18/h1-5,8-10H,6-7,11H2,(H,23,24). The molecule has 4 aromatic rings. The largest absolute Gasteiger partial charge is 0.486 e. The lowest BCUT2D eigenvalue weighted by Gasteiger charge is -2.19. The Hall–Kier alpha value is -3.52. The number of hydrogen-bond acceptors (Lipinski definition) is 8. The molecular formula is C21H15N5O2S. The van der Waals surface area contributed by atoms with Crippen LogP contribution in [0.4, 0.5) is 11.5 Å². The molecule has 0 spiro atoms. The SMILES string of the molecule is c1cc2c(Nc3ccc4c(c3)OCCO4)nc3cc(C4=NN=NC4)ccc3c2s1. The van der Waals surface area contributed by atoms with Gasteiger partial charge in [-0.25, -0.2) is 4.98 Å². The number of nitrogens with one attached hydrogen (secondary N) is 1. The van der Waals surface area contributed by atoms with Crippen molar-refractivity contribution in [2.45, 2.75) is 0 Å². The monoisotopic (exact) mass is 401 g/mol. The molecule has 2 aliphatic heterocycles. The molecule has 0 saturated heterocycles. The van der Waals surface area contributed by atoms with Gasteiger partial charge in [0.05, 0.1) is 11.2 Å². The zero-order chi connectivity index (χ0) is 19.2.